The first-order valence-electron chi connectivity index (χ1n) is 2.02. The van der Waals surface area contributed by atoms with Crippen LogP contribution in [0.2, 0.25) is 0 Å². The van der Waals surface area contributed by atoms with Gasteiger partial charge in [0.1, 0.15) is 7.55 Å². The van der Waals surface area contributed by atoms with E-state index in [1.165, 1.54) is 6.16 Å². The van der Waals surface area contributed by atoms with Crippen LogP contribution >= 0.6 is 7.55 Å². The monoisotopic (exact) mass is 103 g/mol. The molecule has 1 rings (SSSR count). The Bertz CT molecular complexity index is 79.6. The quantitative estimate of drug-likeness (QED) is 0.472. The van der Waals surface area contributed by atoms with Gasteiger partial charge in [0.25, 0.3) is 0 Å². The normalized spacial score (nSPS) is 36.8. The summed E-state index contributed by atoms with van der Waals surface area (Å²) in [5, 5.41) is 8.35. The third kappa shape index (κ3) is 0.612. The summed E-state index contributed by atoms with van der Waals surface area (Å²) >= 11 is 0. The third-order valence-corrected chi connectivity index (χ3v) is 2.86. The lowest BCUT2D eigenvalue weighted by Crippen LogP contribution is -1.87. The van der Waals surface area contributed by atoms with E-state index < -0.39 is 0 Å². The Kier molecular flexibility index (Phi) is 0.947. The minimum absolute atomic E-state index is 0.0661. The van der Waals surface area contributed by atoms with Crippen molar-refractivity contribution in [2.24, 2.45) is 0 Å². The van der Waals surface area contributed by atoms with Crippen LogP contribution in [0.4, 0.5) is 0 Å². The first kappa shape index (κ1) is 4.29. The second-order valence-electron chi connectivity index (χ2n) is 1.61. The van der Waals surface area contributed by atoms with Crippen LogP contribution in [0.15, 0.2) is 0 Å². The second kappa shape index (κ2) is 1.32. The molecule has 1 fully saturated rings. The average Bonchev–Trinajstić information content (AvgIpc) is 2.19. The molecular formula is C4H8OP+. The summed E-state index contributed by atoms with van der Waals surface area (Å²) in [7, 11) is 0.0661. The van der Waals surface area contributed by atoms with Gasteiger partial charge in [0.15, 0.2) is 11.8 Å². The first-order chi connectivity index (χ1) is 2.84. The largest absolute Gasteiger partial charge is 0.392 e. The molecule has 6 heavy (non-hydrogen) atoms. The minimum Gasteiger partial charge on any atom is -0.392 e. The fourth-order valence-corrected chi connectivity index (χ4v) is 1.54. The molecule has 34 valence electrons. The standard InChI is InChI=1S/C4H8OP/c1-6-3-4(6)2-5/h4-5H,1-3H2/q+1. The summed E-state index contributed by atoms with van der Waals surface area (Å²) in [6.45, 7) is 0.370. The number of aliphatic hydroxyl groups excluding tert-OH is 1. The van der Waals surface area contributed by atoms with Crippen LogP contribution in [0.3, 0.4) is 0 Å². The topological polar surface area (TPSA) is 20.2 Å². The Hall–Kier alpha value is 0.130. The molecular weight excluding hydrogens is 95.0 g/mol. The molecule has 2 atom stereocenters. The van der Waals surface area contributed by atoms with Crippen molar-refractivity contribution in [1.82, 2.24) is 0 Å². The van der Waals surface area contributed by atoms with Crippen molar-refractivity contribution < 1.29 is 5.11 Å². The van der Waals surface area contributed by atoms with E-state index in [9.17, 15) is 0 Å². The number of hydrogen-bond donors (Lipinski definition) is 1. The maximum atomic E-state index is 8.35. The molecule has 1 heterocycles. The SMILES string of the molecule is C=[P+]1CC1CO. The van der Waals surface area contributed by atoms with Crippen LogP contribution in [0.1, 0.15) is 0 Å². The summed E-state index contributed by atoms with van der Waals surface area (Å²) in [4.78, 5) is 0. The summed E-state index contributed by atoms with van der Waals surface area (Å²) in [5.41, 5.74) is 0.611. The fourth-order valence-electron chi connectivity index (χ4n) is 0.397. The zero-order valence-electron chi connectivity index (χ0n) is 3.59. The van der Waals surface area contributed by atoms with Gasteiger partial charge >= 0.3 is 0 Å². The lowest BCUT2D eigenvalue weighted by Gasteiger charge is -1.65. The average molecular weight is 103 g/mol. The molecule has 0 radical (unpaired) electrons. The summed E-state index contributed by atoms with van der Waals surface area (Å²) in [5.74, 6) is 0. The molecule has 2 unspecified atom stereocenters. The highest BCUT2D eigenvalue weighted by Crippen LogP contribution is 2.45. The van der Waals surface area contributed by atoms with Crippen LogP contribution in [-0.2, 0) is 0 Å². The van der Waals surface area contributed by atoms with Gasteiger partial charge in [-0.05, 0) is 0 Å². The van der Waals surface area contributed by atoms with Gasteiger partial charge in [-0.2, -0.15) is 0 Å². The Morgan fingerprint density at radius 3 is 2.50 bits per heavy atom. The van der Waals surface area contributed by atoms with Crippen LogP contribution in [0.5, 0.6) is 0 Å². The summed E-state index contributed by atoms with van der Waals surface area (Å²) in [6.07, 6.45) is 5.01. The molecule has 1 aliphatic rings. The van der Waals surface area contributed by atoms with Gasteiger partial charge in [-0.1, -0.05) is 0 Å². The highest BCUT2D eigenvalue weighted by molar-refractivity contribution is 7.64. The van der Waals surface area contributed by atoms with Crippen molar-refractivity contribution >= 4 is 13.8 Å². The molecule has 0 spiro atoms. The molecule has 0 saturated carbocycles. The zero-order valence-corrected chi connectivity index (χ0v) is 4.49. The minimum atomic E-state index is 0.0661. The summed E-state index contributed by atoms with van der Waals surface area (Å²) < 4.78 is 0. The predicted octanol–water partition coefficient (Wildman–Crippen LogP) is 0.275. The second-order valence-corrected chi connectivity index (χ2v) is 3.88. The maximum absolute atomic E-state index is 8.35. The molecule has 0 aromatic rings. The van der Waals surface area contributed by atoms with Crippen molar-refractivity contribution in [2.75, 3.05) is 12.8 Å². The predicted molar refractivity (Wildman–Crippen MR) is 29.8 cm³/mol. The van der Waals surface area contributed by atoms with Crippen LogP contribution in [-0.4, -0.2) is 29.8 Å². The van der Waals surface area contributed by atoms with E-state index in [2.05, 4.69) is 6.30 Å². The molecule has 1 aliphatic heterocycles. The lowest BCUT2D eigenvalue weighted by atomic mass is 10.5. The molecule has 2 heteroatoms. The van der Waals surface area contributed by atoms with Crippen molar-refractivity contribution in [1.29, 1.82) is 0 Å². The lowest BCUT2D eigenvalue weighted by molar-refractivity contribution is 0.307. The Morgan fingerprint density at radius 2 is 2.50 bits per heavy atom. The maximum Gasteiger partial charge on any atom is 0.179 e. The molecule has 0 aromatic heterocycles. The fraction of sp³-hybridized carbons (Fsp3) is 0.750. The summed E-state index contributed by atoms with van der Waals surface area (Å²) in [6, 6.07) is 0. The third-order valence-electron chi connectivity index (χ3n) is 1.04. The van der Waals surface area contributed by atoms with E-state index >= 15 is 0 Å². The van der Waals surface area contributed by atoms with Gasteiger partial charge in [0, 0.05) is 0 Å². The molecule has 0 amide bonds. The zero-order chi connectivity index (χ0) is 4.57. The van der Waals surface area contributed by atoms with Crippen molar-refractivity contribution in [2.45, 2.75) is 5.66 Å². The van der Waals surface area contributed by atoms with Crippen molar-refractivity contribution in [3.8, 4) is 0 Å². The molecule has 0 bridgehead atoms. The smallest absolute Gasteiger partial charge is 0.179 e. The van der Waals surface area contributed by atoms with Crippen LogP contribution < -0.4 is 0 Å². The highest BCUT2D eigenvalue weighted by Gasteiger charge is 2.40. The van der Waals surface area contributed by atoms with Crippen molar-refractivity contribution in [3.63, 3.8) is 0 Å². The number of rotatable bonds is 1. The van der Waals surface area contributed by atoms with E-state index in [1.807, 2.05) is 0 Å². The highest BCUT2D eigenvalue weighted by atomic mass is 31.1. The molecule has 1 saturated heterocycles. The Labute approximate surface area is 38.4 Å². The van der Waals surface area contributed by atoms with Crippen LogP contribution in [0.25, 0.3) is 0 Å². The molecule has 0 aliphatic carbocycles. The number of aliphatic hydroxyl groups is 1. The number of hydrogen-bond acceptors (Lipinski definition) is 1. The Balaban J connectivity index is 2.26. The van der Waals surface area contributed by atoms with E-state index in [1.54, 1.807) is 0 Å². The van der Waals surface area contributed by atoms with Crippen molar-refractivity contribution in [3.05, 3.63) is 0 Å². The van der Waals surface area contributed by atoms with E-state index in [0.717, 1.165) is 0 Å². The van der Waals surface area contributed by atoms with Gasteiger partial charge in [-0.25, -0.2) is 0 Å². The van der Waals surface area contributed by atoms with E-state index in [-0.39, 0.29) is 7.55 Å². The van der Waals surface area contributed by atoms with Gasteiger partial charge < -0.3 is 5.11 Å². The van der Waals surface area contributed by atoms with Gasteiger partial charge in [-0.3, -0.25) is 0 Å². The van der Waals surface area contributed by atoms with Crippen LogP contribution in [0, 0.1) is 0 Å². The van der Waals surface area contributed by atoms with Gasteiger partial charge in [0.2, 0.25) is 0 Å². The Morgan fingerprint density at radius 1 is 2.00 bits per heavy atom. The van der Waals surface area contributed by atoms with E-state index in [0.29, 0.717) is 12.3 Å². The first-order valence-corrected chi connectivity index (χ1v) is 3.80. The van der Waals surface area contributed by atoms with Gasteiger partial charge in [-0.15, -0.1) is 0 Å². The van der Waals surface area contributed by atoms with Gasteiger partial charge in [0.05, 0.1) is 12.9 Å². The molecule has 1 nitrogen and oxygen atoms in total. The van der Waals surface area contributed by atoms with E-state index in [4.69, 9.17) is 5.11 Å². The molecule has 0 aromatic carbocycles. The molecule has 1 N–H and O–H groups in total.